The van der Waals surface area contributed by atoms with Crippen LogP contribution in [0.15, 0.2) is 48.7 Å². The first-order chi connectivity index (χ1) is 8.72. The third kappa shape index (κ3) is 47.0. The minimum Gasteiger partial charge on any atom is -0.358 e. The molecule has 2 rings (SSSR count). The fraction of sp³-hybridized carbons (Fsp3) is 0.500. The number of rotatable bonds is 1. The van der Waals surface area contributed by atoms with Crippen molar-refractivity contribution in [1.82, 2.24) is 4.98 Å². The maximum atomic E-state index is 4.16. The summed E-state index contributed by atoms with van der Waals surface area (Å²) >= 11 is 0. The van der Waals surface area contributed by atoms with Gasteiger partial charge in [0, 0.05) is 53.0 Å². The predicted octanol–water partition coefficient (Wildman–Crippen LogP) is 9.94. The maximum absolute atomic E-state index is 4.16. The van der Waals surface area contributed by atoms with Crippen molar-refractivity contribution in [2.75, 3.05) is 0 Å². The van der Waals surface area contributed by atoms with Crippen LogP contribution >= 0.6 is 0 Å². The Morgan fingerprint density at radius 3 is 1.28 bits per heavy atom. The molecule has 0 atom stereocenters. The molecule has 0 fully saturated rings. The van der Waals surface area contributed by atoms with E-state index >= 15 is 0 Å². The molecule has 4 radical (unpaired) electrons. The van der Waals surface area contributed by atoms with Crippen LogP contribution in [-0.2, 0) is 39.1 Å². The second kappa shape index (κ2) is 56.4. The number of aryl methyl sites for hydroxylation is 3. The molecule has 0 saturated heterocycles. The molecule has 0 aliphatic rings. The first kappa shape index (κ1) is 79.1. The topological polar surface area (TPSA) is 12.9 Å². The molecule has 0 aliphatic carbocycles. The maximum Gasteiger partial charge on any atom is 0.0403 e. The molecule has 1 aromatic carbocycles. The summed E-state index contributed by atoms with van der Waals surface area (Å²) in [5.41, 5.74) is 3.79. The summed E-state index contributed by atoms with van der Waals surface area (Å²) in [5.74, 6) is 0. The van der Waals surface area contributed by atoms with E-state index in [4.69, 9.17) is 0 Å². The quantitative estimate of drug-likeness (QED) is 0.289. The molecule has 1 heterocycles. The van der Waals surface area contributed by atoms with Crippen LogP contribution in [0.1, 0.15) is 89.6 Å². The van der Waals surface area contributed by atoms with Gasteiger partial charge in [0.25, 0.3) is 0 Å². The summed E-state index contributed by atoms with van der Waals surface area (Å²) in [5, 5.41) is 0. The molecule has 0 aliphatic heterocycles. The van der Waals surface area contributed by atoms with E-state index in [9.17, 15) is 0 Å². The summed E-state index contributed by atoms with van der Waals surface area (Å²) in [6, 6.07) is 14.4. The molecule has 0 saturated carbocycles. The Hall–Kier alpha value is -0.461. The standard InChI is InChI=1S/C8H11N.C7H8.C2H6.7CH4.2CH3.B.Y/c1-3-8-6-7(2)4-5-9-8;1-7-5-3-2-4-6-7;1-2;;;;;;;;;;;/h4-6H,3H2,1-2H3;2-6H,1H3;1-2H3;7*1H4;2*1H3;;/q;;;;;;;;;;2*-1;;. The Balaban J connectivity index is -0.0000000137. The van der Waals surface area contributed by atoms with Gasteiger partial charge in [0.1, 0.15) is 0 Å². The van der Waals surface area contributed by atoms with Gasteiger partial charge in [-0.1, -0.05) is 109 Å². The summed E-state index contributed by atoms with van der Waals surface area (Å²) in [7, 11) is 0. The second-order valence-corrected chi connectivity index (χ2v) is 3.83. The molecule has 0 bridgehead atoms. The van der Waals surface area contributed by atoms with Crippen molar-refractivity contribution in [2.45, 2.75) is 93.0 Å². The van der Waals surface area contributed by atoms with E-state index in [-0.39, 0.29) is 108 Å². The van der Waals surface area contributed by atoms with Crippen molar-refractivity contribution < 1.29 is 32.7 Å². The van der Waals surface area contributed by atoms with Gasteiger partial charge in [0.05, 0.1) is 0 Å². The first-order valence-corrected chi connectivity index (χ1v) is 6.65. The van der Waals surface area contributed by atoms with Gasteiger partial charge in [-0.05, 0) is 38.0 Å². The van der Waals surface area contributed by atoms with E-state index in [1.807, 2.05) is 44.3 Å². The van der Waals surface area contributed by atoms with Crippen LogP contribution in [0.4, 0.5) is 0 Å². The van der Waals surface area contributed by atoms with E-state index in [1.165, 1.54) is 16.8 Å². The van der Waals surface area contributed by atoms with Crippen molar-refractivity contribution >= 4 is 8.41 Å². The zero-order chi connectivity index (χ0) is 13.8. The van der Waals surface area contributed by atoms with Crippen LogP contribution in [0.25, 0.3) is 0 Å². The van der Waals surface area contributed by atoms with Crippen LogP contribution in [0.5, 0.6) is 0 Å². The van der Waals surface area contributed by atoms with Gasteiger partial charge in [-0.25, -0.2) is 0 Å². The SMILES string of the molecule is C.C.C.C.C.C.C.CC.CCc1cc(C)ccn1.Cc1ccccc1.[B].[CH3-].[CH3-].[Y]. The van der Waals surface area contributed by atoms with Gasteiger partial charge in [0.2, 0.25) is 0 Å². The first-order valence-electron chi connectivity index (χ1n) is 6.65. The van der Waals surface area contributed by atoms with Gasteiger partial charge in [-0.15, -0.1) is 0 Å². The second-order valence-electron chi connectivity index (χ2n) is 3.83. The smallest absolute Gasteiger partial charge is 0.0403 e. The van der Waals surface area contributed by atoms with E-state index < -0.39 is 0 Å². The average Bonchev–Trinajstić information content (AvgIpc) is 2.42. The van der Waals surface area contributed by atoms with Gasteiger partial charge in [0.15, 0.2) is 0 Å². The van der Waals surface area contributed by atoms with Gasteiger partial charge < -0.3 is 14.9 Å². The monoisotopic (exact) mass is 485 g/mol. The number of aromatic nitrogens is 1. The molecule has 0 spiro atoms. The number of pyridine rings is 1. The van der Waals surface area contributed by atoms with Crippen molar-refractivity contribution in [3.05, 3.63) is 80.3 Å². The van der Waals surface area contributed by atoms with Crippen LogP contribution in [0.3, 0.4) is 0 Å². The van der Waals surface area contributed by atoms with E-state index in [0.717, 1.165) is 6.42 Å². The summed E-state index contributed by atoms with van der Waals surface area (Å²) in [6.45, 7) is 10.3. The Kier molecular flexibility index (Phi) is 154. The zero-order valence-electron chi connectivity index (χ0n) is 15.4. The number of nitrogens with zero attached hydrogens (tertiary/aromatic N) is 1. The summed E-state index contributed by atoms with van der Waals surface area (Å²) < 4.78 is 0. The van der Waals surface area contributed by atoms with E-state index in [1.54, 1.807) is 0 Å². The van der Waals surface area contributed by atoms with Crippen LogP contribution < -0.4 is 0 Å². The number of hydrogen-bond acceptors (Lipinski definition) is 1. The molecular formula is C26H59BNY-2. The molecule has 0 amide bonds. The largest absolute Gasteiger partial charge is 0.358 e. The molecule has 29 heavy (non-hydrogen) atoms. The Morgan fingerprint density at radius 1 is 0.690 bits per heavy atom. The van der Waals surface area contributed by atoms with E-state index in [2.05, 4.69) is 44.0 Å². The fourth-order valence-corrected chi connectivity index (χ4v) is 1.33. The van der Waals surface area contributed by atoms with Gasteiger partial charge >= 0.3 is 0 Å². The summed E-state index contributed by atoms with van der Waals surface area (Å²) in [4.78, 5) is 4.16. The number of benzene rings is 1. The van der Waals surface area contributed by atoms with Crippen LogP contribution in [0.2, 0.25) is 0 Å². The predicted molar refractivity (Wildman–Crippen MR) is 147 cm³/mol. The third-order valence-electron chi connectivity index (χ3n) is 2.27. The Labute approximate surface area is 218 Å². The Morgan fingerprint density at radius 2 is 1.07 bits per heavy atom. The average molecular weight is 485 g/mol. The van der Waals surface area contributed by atoms with Crippen LogP contribution in [-0.4, -0.2) is 13.4 Å². The molecule has 176 valence electrons. The van der Waals surface area contributed by atoms with E-state index in [0.29, 0.717) is 0 Å². The van der Waals surface area contributed by atoms with Gasteiger partial charge in [-0.3, -0.25) is 4.98 Å². The molecule has 0 N–H and O–H groups in total. The molecular weight excluding hydrogens is 426 g/mol. The minimum atomic E-state index is 0. The number of hydrogen-bond donors (Lipinski definition) is 0. The van der Waals surface area contributed by atoms with Crippen molar-refractivity contribution in [2.24, 2.45) is 0 Å². The molecule has 3 heteroatoms. The van der Waals surface area contributed by atoms with Crippen molar-refractivity contribution in [3.63, 3.8) is 0 Å². The normalized spacial score (nSPS) is 5.28. The van der Waals surface area contributed by atoms with Gasteiger partial charge in [-0.2, -0.15) is 0 Å². The van der Waals surface area contributed by atoms with Crippen molar-refractivity contribution in [3.8, 4) is 0 Å². The summed E-state index contributed by atoms with van der Waals surface area (Å²) in [6.07, 6.45) is 2.88. The zero-order valence-corrected chi connectivity index (χ0v) is 18.3. The molecule has 2 aromatic rings. The minimum absolute atomic E-state index is 0. The molecule has 1 nitrogen and oxygen atoms in total. The molecule has 0 unspecified atom stereocenters. The molecule has 1 aromatic heterocycles. The Bertz CT molecular complexity index is 420. The fourth-order valence-electron chi connectivity index (χ4n) is 1.33. The van der Waals surface area contributed by atoms with Crippen molar-refractivity contribution in [1.29, 1.82) is 0 Å². The van der Waals surface area contributed by atoms with Crippen LogP contribution in [0, 0.1) is 28.7 Å². The third-order valence-corrected chi connectivity index (χ3v) is 2.27.